The van der Waals surface area contributed by atoms with Crippen LogP contribution in [0.1, 0.15) is 41.0 Å². The molecule has 0 radical (unpaired) electrons. The maximum Gasteiger partial charge on any atom is 0.254 e. The SMILES string of the molecule is CCCN(CC(=O)N1CCn2cccc2[C@H]1c1cccc(F)c1)C(=O)c1ccc2ccccc2c1. The maximum atomic E-state index is 14.1. The zero-order valence-corrected chi connectivity index (χ0v) is 19.7. The number of aromatic nitrogens is 1. The van der Waals surface area contributed by atoms with Crippen molar-refractivity contribution in [3.05, 3.63) is 108 Å². The fraction of sp³-hybridized carbons (Fsp3) is 0.241. The van der Waals surface area contributed by atoms with Gasteiger partial charge >= 0.3 is 0 Å². The molecule has 0 saturated carbocycles. The Morgan fingerprint density at radius 2 is 1.77 bits per heavy atom. The summed E-state index contributed by atoms with van der Waals surface area (Å²) in [7, 11) is 0. The Labute approximate surface area is 204 Å². The molecule has 1 aliphatic heterocycles. The van der Waals surface area contributed by atoms with Crippen LogP contribution in [-0.4, -0.2) is 45.8 Å². The Balaban J connectivity index is 1.42. The third kappa shape index (κ3) is 4.56. The van der Waals surface area contributed by atoms with Gasteiger partial charge in [0.15, 0.2) is 0 Å². The quantitative estimate of drug-likeness (QED) is 0.387. The van der Waals surface area contributed by atoms with Crippen LogP contribution < -0.4 is 0 Å². The van der Waals surface area contributed by atoms with E-state index in [1.165, 1.54) is 12.1 Å². The third-order valence-corrected chi connectivity index (χ3v) is 6.63. The first-order chi connectivity index (χ1) is 17.0. The number of carbonyl (C=O) groups is 2. The summed E-state index contributed by atoms with van der Waals surface area (Å²) in [5, 5.41) is 2.06. The molecule has 0 aliphatic carbocycles. The summed E-state index contributed by atoms with van der Waals surface area (Å²) in [5.74, 6) is -0.638. The van der Waals surface area contributed by atoms with Crippen LogP contribution in [0.25, 0.3) is 10.8 Å². The number of hydrogen-bond donors (Lipinski definition) is 0. The van der Waals surface area contributed by atoms with E-state index >= 15 is 0 Å². The minimum absolute atomic E-state index is 0.0218. The summed E-state index contributed by atoms with van der Waals surface area (Å²) < 4.78 is 16.2. The molecule has 3 aromatic carbocycles. The minimum atomic E-state index is -0.402. The van der Waals surface area contributed by atoms with Crippen molar-refractivity contribution in [2.45, 2.75) is 25.9 Å². The van der Waals surface area contributed by atoms with Crippen molar-refractivity contribution < 1.29 is 14.0 Å². The molecule has 2 heterocycles. The molecule has 5 nitrogen and oxygen atoms in total. The van der Waals surface area contributed by atoms with E-state index in [-0.39, 0.29) is 24.2 Å². The van der Waals surface area contributed by atoms with E-state index < -0.39 is 6.04 Å². The Morgan fingerprint density at radius 1 is 0.943 bits per heavy atom. The van der Waals surface area contributed by atoms with Crippen molar-refractivity contribution in [3.8, 4) is 0 Å². The molecule has 0 fully saturated rings. The standard InChI is InChI=1S/C29H28FN3O2/c1-2-14-32(29(35)24-13-12-21-7-3-4-8-22(21)18-24)20-27(34)33-17-16-31-15-6-11-26(31)28(33)23-9-5-10-25(30)19-23/h3-13,15,18-19,28H,2,14,16-17,20H2,1H3/t28-/m1/s1. The number of rotatable bonds is 6. The van der Waals surface area contributed by atoms with Crippen LogP contribution in [0.4, 0.5) is 4.39 Å². The Morgan fingerprint density at radius 3 is 2.57 bits per heavy atom. The molecule has 0 unspecified atom stereocenters. The summed E-state index contributed by atoms with van der Waals surface area (Å²) in [6.45, 7) is 3.60. The second kappa shape index (κ2) is 9.74. The van der Waals surface area contributed by atoms with Crippen LogP contribution >= 0.6 is 0 Å². The molecular weight excluding hydrogens is 441 g/mol. The average Bonchev–Trinajstić information content (AvgIpc) is 3.36. The number of benzene rings is 3. The van der Waals surface area contributed by atoms with Crippen LogP contribution in [0.2, 0.25) is 0 Å². The summed E-state index contributed by atoms with van der Waals surface area (Å²) in [4.78, 5) is 30.5. The van der Waals surface area contributed by atoms with Crippen LogP contribution in [0.15, 0.2) is 85.1 Å². The lowest BCUT2D eigenvalue weighted by atomic mass is 9.99. The van der Waals surface area contributed by atoms with Crippen LogP contribution in [-0.2, 0) is 11.3 Å². The van der Waals surface area contributed by atoms with Gasteiger partial charge < -0.3 is 14.4 Å². The van der Waals surface area contributed by atoms with Gasteiger partial charge in [-0.25, -0.2) is 4.39 Å². The second-order valence-corrected chi connectivity index (χ2v) is 8.96. The van der Waals surface area contributed by atoms with Gasteiger partial charge in [0.25, 0.3) is 5.91 Å². The molecule has 1 aromatic heterocycles. The molecule has 1 atom stereocenters. The van der Waals surface area contributed by atoms with Crippen LogP contribution in [0, 0.1) is 5.82 Å². The van der Waals surface area contributed by atoms with Gasteiger partial charge in [0, 0.05) is 37.1 Å². The highest BCUT2D eigenvalue weighted by Gasteiger charge is 2.33. The molecule has 178 valence electrons. The van der Waals surface area contributed by atoms with E-state index in [1.54, 1.807) is 15.9 Å². The molecule has 6 heteroatoms. The Kier molecular flexibility index (Phi) is 6.36. The number of amides is 2. The number of halogens is 1. The second-order valence-electron chi connectivity index (χ2n) is 8.96. The summed E-state index contributed by atoms with van der Waals surface area (Å²) in [5.41, 5.74) is 2.23. The maximum absolute atomic E-state index is 14.1. The molecule has 4 aromatic rings. The summed E-state index contributed by atoms with van der Waals surface area (Å²) in [6.07, 6.45) is 2.72. The molecular formula is C29H28FN3O2. The average molecular weight is 470 g/mol. The lowest BCUT2D eigenvalue weighted by Gasteiger charge is -2.38. The molecule has 2 amide bonds. The number of hydrogen-bond acceptors (Lipinski definition) is 2. The van der Waals surface area contributed by atoms with E-state index in [9.17, 15) is 14.0 Å². The highest BCUT2D eigenvalue weighted by atomic mass is 19.1. The molecule has 0 saturated heterocycles. The van der Waals surface area contributed by atoms with Gasteiger partial charge in [-0.15, -0.1) is 0 Å². The highest BCUT2D eigenvalue weighted by molar-refractivity contribution is 6.00. The highest BCUT2D eigenvalue weighted by Crippen LogP contribution is 2.33. The van der Waals surface area contributed by atoms with Crippen molar-refractivity contribution in [1.29, 1.82) is 0 Å². The van der Waals surface area contributed by atoms with Crippen molar-refractivity contribution >= 4 is 22.6 Å². The van der Waals surface area contributed by atoms with Crippen molar-refractivity contribution in [2.75, 3.05) is 19.6 Å². The topological polar surface area (TPSA) is 45.6 Å². The largest absolute Gasteiger partial charge is 0.348 e. The fourth-order valence-corrected chi connectivity index (χ4v) is 4.96. The molecule has 1 aliphatic rings. The summed E-state index contributed by atoms with van der Waals surface area (Å²) in [6, 6.07) is 23.5. The van der Waals surface area contributed by atoms with E-state index in [4.69, 9.17) is 0 Å². The summed E-state index contributed by atoms with van der Waals surface area (Å²) >= 11 is 0. The zero-order valence-electron chi connectivity index (χ0n) is 19.7. The predicted molar refractivity (Wildman–Crippen MR) is 135 cm³/mol. The van der Waals surface area contributed by atoms with Gasteiger partial charge in [-0.2, -0.15) is 0 Å². The van der Waals surface area contributed by atoms with E-state index in [0.29, 0.717) is 25.2 Å². The van der Waals surface area contributed by atoms with E-state index in [1.807, 2.05) is 73.8 Å². The molecule has 0 spiro atoms. The van der Waals surface area contributed by atoms with Gasteiger partial charge in [-0.05, 0) is 59.2 Å². The first kappa shape index (κ1) is 22.8. The smallest absolute Gasteiger partial charge is 0.254 e. The molecule has 0 bridgehead atoms. The number of carbonyl (C=O) groups excluding carboxylic acids is 2. The van der Waals surface area contributed by atoms with Crippen molar-refractivity contribution in [3.63, 3.8) is 0 Å². The Bertz CT molecular complexity index is 1380. The number of nitrogens with zero attached hydrogens (tertiary/aromatic N) is 3. The van der Waals surface area contributed by atoms with Crippen molar-refractivity contribution in [2.24, 2.45) is 0 Å². The molecule has 0 N–H and O–H groups in total. The lowest BCUT2D eigenvalue weighted by molar-refractivity contribution is -0.134. The van der Waals surface area contributed by atoms with Gasteiger partial charge in [0.1, 0.15) is 12.4 Å². The first-order valence-corrected chi connectivity index (χ1v) is 12.0. The minimum Gasteiger partial charge on any atom is -0.348 e. The van der Waals surface area contributed by atoms with Gasteiger partial charge in [-0.3, -0.25) is 9.59 Å². The zero-order chi connectivity index (χ0) is 24.4. The predicted octanol–water partition coefficient (Wildman–Crippen LogP) is 5.26. The Hall–Kier alpha value is -3.93. The van der Waals surface area contributed by atoms with Crippen molar-refractivity contribution in [1.82, 2.24) is 14.4 Å². The van der Waals surface area contributed by atoms with Gasteiger partial charge in [-0.1, -0.05) is 49.4 Å². The fourth-order valence-electron chi connectivity index (χ4n) is 4.96. The van der Waals surface area contributed by atoms with Crippen LogP contribution in [0.5, 0.6) is 0 Å². The van der Waals surface area contributed by atoms with Gasteiger partial charge in [0.2, 0.25) is 5.91 Å². The molecule has 5 rings (SSSR count). The van der Waals surface area contributed by atoms with E-state index in [0.717, 1.165) is 28.5 Å². The van der Waals surface area contributed by atoms with Gasteiger partial charge in [0.05, 0.1) is 6.04 Å². The molecule has 35 heavy (non-hydrogen) atoms. The van der Waals surface area contributed by atoms with E-state index in [2.05, 4.69) is 4.57 Å². The monoisotopic (exact) mass is 469 g/mol. The normalized spacial score (nSPS) is 15.1. The first-order valence-electron chi connectivity index (χ1n) is 12.0. The third-order valence-electron chi connectivity index (χ3n) is 6.63. The van der Waals surface area contributed by atoms with Crippen LogP contribution in [0.3, 0.4) is 0 Å². The lowest BCUT2D eigenvalue weighted by Crippen LogP contribution is -2.48. The number of fused-ring (bicyclic) bond motifs is 2.